The topological polar surface area (TPSA) is 50.9 Å². The van der Waals surface area contributed by atoms with Crippen LogP contribution in [0.5, 0.6) is 0 Å². The van der Waals surface area contributed by atoms with Gasteiger partial charge in [-0.1, -0.05) is 13.0 Å². The predicted molar refractivity (Wildman–Crippen MR) is 58.4 cm³/mol. The minimum atomic E-state index is 0.568. The van der Waals surface area contributed by atoms with E-state index in [1.54, 1.807) is 0 Å². The van der Waals surface area contributed by atoms with Gasteiger partial charge in [0.25, 0.3) is 0 Å². The lowest BCUT2D eigenvalue weighted by atomic mass is 10.0. The zero-order chi connectivity index (χ0) is 9.97. The molecule has 0 saturated carbocycles. The summed E-state index contributed by atoms with van der Waals surface area (Å²) in [7, 11) is 0. The fourth-order valence-electron chi connectivity index (χ4n) is 1.54. The van der Waals surface area contributed by atoms with E-state index in [1.165, 1.54) is 5.70 Å². The van der Waals surface area contributed by atoms with Crippen LogP contribution in [0.15, 0.2) is 24.4 Å². The Balaban J connectivity index is 2.19. The highest BCUT2D eigenvalue weighted by molar-refractivity contribution is 5.64. The maximum absolute atomic E-state index is 5.53. The molecule has 2 heterocycles. The summed E-state index contributed by atoms with van der Waals surface area (Å²) < 4.78 is 0. The first-order valence-electron chi connectivity index (χ1n) is 4.91. The smallest absolute Gasteiger partial charge is 0.123 e. The Labute approximate surface area is 84.0 Å². The number of pyridine rings is 1. The number of nitrogens with two attached hydrogens (primary N) is 1. The van der Waals surface area contributed by atoms with Crippen molar-refractivity contribution in [3.05, 3.63) is 30.0 Å². The van der Waals surface area contributed by atoms with Gasteiger partial charge in [-0.05, 0) is 24.5 Å². The van der Waals surface area contributed by atoms with Gasteiger partial charge in [-0.15, -0.1) is 0 Å². The van der Waals surface area contributed by atoms with E-state index in [4.69, 9.17) is 5.73 Å². The molecule has 1 aliphatic heterocycles. The summed E-state index contributed by atoms with van der Waals surface area (Å²) in [4.78, 5) is 4.07. The molecular weight excluding hydrogens is 174 g/mol. The van der Waals surface area contributed by atoms with Crippen LogP contribution in [0, 0.1) is 5.92 Å². The van der Waals surface area contributed by atoms with Gasteiger partial charge in [-0.3, -0.25) is 0 Å². The highest BCUT2D eigenvalue weighted by Crippen LogP contribution is 2.18. The number of hydrogen-bond acceptors (Lipinski definition) is 3. The van der Waals surface area contributed by atoms with E-state index in [0.29, 0.717) is 5.82 Å². The number of nitrogens with zero attached hydrogens (tertiary/aromatic N) is 1. The first-order chi connectivity index (χ1) is 6.75. The van der Waals surface area contributed by atoms with Crippen LogP contribution in [-0.4, -0.2) is 11.5 Å². The van der Waals surface area contributed by atoms with Crippen molar-refractivity contribution >= 4 is 11.5 Å². The maximum atomic E-state index is 5.53. The van der Waals surface area contributed by atoms with Crippen LogP contribution in [0.3, 0.4) is 0 Å². The molecule has 1 aromatic heterocycles. The zero-order valence-corrected chi connectivity index (χ0v) is 8.33. The van der Waals surface area contributed by atoms with Crippen LogP contribution in [0.2, 0.25) is 0 Å². The highest BCUT2D eigenvalue weighted by atomic mass is 14.9. The minimum absolute atomic E-state index is 0.568. The van der Waals surface area contributed by atoms with E-state index in [-0.39, 0.29) is 0 Å². The van der Waals surface area contributed by atoms with Crippen molar-refractivity contribution in [1.82, 2.24) is 10.3 Å². The Bertz CT molecular complexity index is 340. The Hall–Kier alpha value is -1.51. The standard InChI is InChI=1S/C11H15N3/c1-8-2-4-10(13-6-8)9-3-5-11(12)14-7-9/h3-5,7-8,13H,2,6H2,1H3,(H2,12,14). The van der Waals surface area contributed by atoms with E-state index in [9.17, 15) is 0 Å². The summed E-state index contributed by atoms with van der Waals surface area (Å²) in [6.07, 6.45) is 5.16. The van der Waals surface area contributed by atoms with Crippen LogP contribution in [0.1, 0.15) is 18.9 Å². The molecule has 0 radical (unpaired) electrons. The molecule has 3 nitrogen and oxygen atoms in total. The first-order valence-corrected chi connectivity index (χ1v) is 4.91. The summed E-state index contributed by atoms with van der Waals surface area (Å²) in [5, 5.41) is 3.38. The lowest BCUT2D eigenvalue weighted by Gasteiger charge is -2.20. The Kier molecular flexibility index (Phi) is 2.39. The summed E-state index contributed by atoms with van der Waals surface area (Å²) in [6, 6.07) is 3.83. The number of nitrogen functional groups attached to an aromatic ring is 1. The second-order valence-electron chi connectivity index (χ2n) is 3.81. The molecule has 1 unspecified atom stereocenters. The number of rotatable bonds is 1. The predicted octanol–water partition coefficient (Wildman–Crippen LogP) is 1.63. The van der Waals surface area contributed by atoms with Crippen molar-refractivity contribution in [3.8, 4) is 0 Å². The third kappa shape index (κ3) is 1.87. The van der Waals surface area contributed by atoms with Gasteiger partial charge in [-0.25, -0.2) is 4.98 Å². The Morgan fingerprint density at radius 1 is 1.50 bits per heavy atom. The third-order valence-corrected chi connectivity index (χ3v) is 2.46. The molecule has 3 N–H and O–H groups in total. The van der Waals surface area contributed by atoms with Gasteiger partial charge in [0.05, 0.1) is 0 Å². The fraction of sp³-hybridized carbons (Fsp3) is 0.364. The van der Waals surface area contributed by atoms with Gasteiger partial charge >= 0.3 is 0 Å². The summed E-state index contributed by atoms with van der Waals surface area (Å²) >= 11 is 0. The van der Waals surface area contributed by atoms with Gasteiger partial charge < -0.3 is 11.1 Å². The summed E-state index contributed by atoms with van der Waals surface area (Å²) in [6.45, 7) is 3.28. The molecule has 0 amide bonds. The van der Waals surface area contributed by atoms with Crippen molar-refractivity contribution in [2.24, 2.45) is 5.92 Å². The molecule has 1 aliphatic rings. The van der Waals surface area contributed by atoms with Crippen LogP contribution < -0.4 is 11.1 Å². The van der Waals surface area contributed by atoms with Crippen LogP contribution in [0.4, 0.5) is 5.82 Å². The molecule has 0 fully saturated rings. The second-order valence-corrected chi connectivity index (χ2v) is 3.81. The van der Waals surface area contributed by atoms with E-state index in [1.807, 2.05) is 18.3 Å². The van der Waals surface area contributed by atoms with E-state index < -0.39 is 0 Å². The zero-order valence-electron chi connectivity index (χ0n) is 8.33. The molecule has 0 aliphatic carbocycles. The Morgan fingerprint density at radius 2 is 2.36 bits per heavy atom. The van der Waals surface area contributed by atoms with Gasteiger partial charge in [-0.2, -0.15) is 0 Å². The number of hydrogen-bond donors (Lipinski definition) is 2. The van der Waals surface area contributed by atoms with Gasteiger partial charge in [0.15, 0.2) is 0 Å². The van der Waals surface area contributed by atoms with E-state index in [0.717, 1.165) is 24.4 Å². The summed E-state index contributed by atoms with van der Waals surface area (Å²) in [5.41, 5.74) is 7.82. The Morgan fingerprint density at radius 3 is 2.93 bits per heavy atom. The third-order valence-electron chi connectivity index (χ3n) is 2.46. The summed E-state index contributed by atoms with van der Waals surface area (Å²) in [5.74, 6) is 1.29. The average molecular weight is 189 g/mol. The van der Waals surface area contributed by atoms with E-state index in [2.05, 4.69) is 23.3 Å². The number of anilines is 1. The largest absolute Gasteiger partial charge is 0.384 e. The van der Waals surface area contributed by atoms with Gasteiger partial charge in [0, 0.05) is 24.0 Å². The molecule has 74 valence electrons. The number of allylic oxidation sites excluding steroid dienone is 1. The van der Waals surface area contributed by atoms with Crippen molar-refractivity contribution in [2.45, 2.75) is 13.3 Å². The molecular formula is C11H15N3. The average Bonchev–Trinajstić information content (AvgIpc) is 2.21. The van der Waals surface area contributed by atoms with E-state index >= 15 is 0 Å². The quantitative estimate of drug-likeness (QED) is 0.706. The highest BCUT2D eigenvalue weighted by Gasteiger charge is 2.10. The van der Waals surface area contributed by atoms with Gasteiger partial charge in [0.1, 0.15) is 5.82 Å². The molecule has 0 spiro atoms. The van der Waals surface area contributed by atoms with Crippen molar-refractivity contribution in [2.75, 3.05) is 12.3 Å². The molecule has 1 atom stereocenters. The fourth-order valence-corrected chi connectivity index (χ4v) is 1.54. The SMILES string of the molecule is CC1CC=C(c2ccc(N)nc2)NC1. The molecule has 14 heavy (non-hydrogen) atoms. The lowest BCUT2D eigenvalue weighted by Crippen LogP contribution is -2.23. The number of nitrogens with one attached hydrogen (secondary N) is 1. The first kappa shape index (κ1) is 9.06. The number of aromatic nitrogens is 1. The molecule has 2 rings (SSSR count). The normalized spacial score (nSPS) is 21.2. The molecule has 0 saturated heterocycles. The lowest BCUT2D eigenvalue weighted by molar-refractivity contribution is 0.549. The van der Waals surface area contributed by atoms with Crippen molar-refractivity contribution in [1.29, 1.82) is 0 Å². The van der Waals surface area contributed by atoms with Crippen molar-refractivity contribution < 1.29 is 0 Å². The monoisotopic (exact) mass is 189 g/mol. The van der Waals surface area contributed by atoms with Crippen LogP contribution >= 0.6 is 0 Å². The molecule has 1 aromatic rings. The van der Waals surface area contributed by atoms with Crippen LogP contribution in [0.25, 0.3) is 5.70 Å². The van der Waals surface area contributed by atoms with Gasteiger partial charge in [0.2, 0.25) is 0 Å². The minimum Gasteiger partial charge on any atom is -0.384 e. The molecule has 0 aromatic carbocycles. The van der Waals surface area contributed by atoms with Crippen LogP contribution in [-0.2, 0) is 0 Å². The maximum Gasteiger partial charge on any atom is 0.123 e. The molecule has 0 bridgehead atoms. The second kappa shape index (κ2) is 3.70. The van der Waals surface area contributed by atoms with Crippen molar-refractivity contribution in [3.63, 3.8) is 0 Å². The molecule has 3 heteroatoms.